The van der Waals surface area contributed by atoms with Crippen molar-refractivity contribution in [3.63, 3.8) is 0 Å². The van der Waals surface area contributed by atoms with Crippen LogP contribution in [-0.4, -0.2) is 61.4 Å². The summed E-state index contributed by atoms with van der Waals surface area (Å²) in [4.78, 5) is 21.3. The fraction of sp³-hybridized carbons (Fsp3) is 0.476. The van der Waals surface area contributed by atoms with Gasteiger partial charge in [0.2, 0.25) is 0 Å². The molecule has 8 nitrogen and oxygen atoms in total. The third-order valence-corrected chi connectivity index (χ3v) is 5.57. The van der Waals surface area contributed by atoms with Crippen molar-refractivity contribution < 1.29 is 14.3 Å². The van der Waals surface area contributed by atoms with Crippen LogP contribution in [-0.2, 0) is 14.3 Å². The quantitative estimate of drug-likeness (QED) is 0.646. The first-order valence-corrected chi connectivity index (χ1v) is 10.6. The van der Waals surface area contributed by atoms with E-state index in [0.29, 0.717) is 41.2 Å². The third kappa shape index (κ3) is 5.46. The largest absolute Gasteiger partial charge is 0.381 e. The van der Waals surface area contributed by atoms with Crippen LogP contribution in [0, 0.1) is 5.92 Å². The molecule has 9 heteroatoms. The van der Waals surface area contributed by atoms with Gasteiger partial charge in [0, 0.05) is 44.6 Å². The number of hydrogen-bond donors (Lipinski definition) is 3. The van der Waals surface area contributed by atoms with Crippen LogP contribution in [0.25, 0.3) is 11.3 Å². The topological polar surface area (TPSA) is 97.4 Å². The number of hydrogen-bond acceptors (Lipinski definition) is 7. The molecule has 2 aliphatic rings. The highest BCUT2D eigenvalue weighted by Crippen LogP contribution is 2.29. The molecule has 0 bridgehead atoms. The second-order valence-corrected chi connectivity index (χ2v) is 7.85. The van der Waals surface area contributed by atoms with E-state index < -0.39 is 6.10 Å². The molecule has 2 aliphatic heterocycles. The maximum Gasteiger partial charge on any atom is 0.255 e. The number of morpholine rings is 1. The van der Waals surface area contributed by atoms with Crippen molar-refractivity contribution in [3.8, 4) is 11.3 Å². The van der Waals surface area contributed by atoms with E-state index in [2.05, 4.69) is 20.9 Å². The standard InChI is InChI=1S/C21H26ClN5O3/c22-16-12-25-20(27-21(28)18-13-23-6-9-30-18)10-15(16)17-2-1-3-19(26-17)24-11-14-4-7-29-8-5-14/h1-3,10,12,14,18,23H,4-9,11,13H2,(H,24,26)(H,25,27,28)/t18-/m1/s1. The lowest BCUT2D eigenvalue weighted by molar-refractivity contribution is -0.128. The maximum atomic E-state index is 12.4. The van der Waals surface area contributed by atoms with Crippen LogP contribution in [0.2, 0.25) is 5.02 Å². The van der Waals surface area contributed by atoms with Crippen LogP contribution >= 0.6 is 11.6 Å². The molecule has 2 aromatic heterocycles. The van der Waals surface area contributed by atoms with Gasteiger partial charge in [-0.05, 0) is 37.0 Å². The first-order valence-electron chi connectivity index (χ1n) is 10.3. The summed E-state index contributed by atoms with van der Waals surface area (Å²) in [6.45, 7) is 4.24. The van der Waals surface area contributed by atoms with E-state index in [9.17, 15) is 4.79 Å². The van der Waals surface area contributed by atoms with Gasteiger partial charge in [-0.1, -0.05) is 17.7 Å². The molecule has 0 aliphatic carbocycles. The highest BCUT2D eigenvalue weighted by molar-refractivity contribution is 6.33. The number of carbonyl (C=O) groups excluding carboxylic acids is 1. The molecular formula is C21H26ClN5O3. The fourth-order valence-electron chi connectivity index (χ4n) is 3.53. The number of nitrogens with one attached hydrogen (secondary N) is 3. The zero-order chi connectivity index (χ0) is 20.8. The Morgan fingerprint density at radius 2 is 2.10 bits per heavy atom. The Morgan fingerprint density at radius 1 is 1.23 bits per heavy atom. The number of aromatic nitrogens is 2. The zero-order valence-corrected chi connectivity index (χ0v) is 17.5. The van der Waals surface area contributed by atoms with E-state index in [1.807, 2.05) is 18.2 Å². The molecule has 0 radical (unpaired) electrons. The lowest BCUT2D eigenvalue weighted by Gasteiger charge is -2.22. The number of amides is 1. The molecule has 2 saturated heterocycles. The molecule has 4 heterocycles. The predicted octanol–water partition coefficient (Wildman–Crippen LogP) is 2.56. The first kappa shape index (κ1) is 21.0. The number of pyridine rings is 2. The molecule has 0 spiro atoms. The van der Waals surface area contributed by atoms with Gasteiger partial charge in [0.1, 0.15) is 17.7 Å². The van der Waals surface area contributed by atoms with E-state index in [1.165, 1.54) is 6.20 Å². The predicted molar refractivity (Wildman–Crippen MR) is 116 cm³/mol. The Labute approximate surface area is 180 Å². The average molecular weight is 432 g/mol. The fourth-order valence-corrected chi connectivity index (χ4v) is 3.73. The van der Waals surface area contributed by atoms with Gasteiger partial charge in [0.25, 0.3) is 5.91 Å². The Morgan fingerprint density at radius 3 is 2.90 bits per heavy atom. The molecule has 30 heavy (non-hydrogen) atoms. The van der Waals surface area contributed by atoms with Crippen molar-refractivity contribution in [2.75, 3.05) is 50.1 Å². The van der Waals surface area contributed by atoms with Gasteiger partial charge in [-0.25, -0.2) is 9.97 Å². The lowest BCUT2D eigenvalue weighted by Crippen LogP contribution is -2.45. The van der Waals surface area contributed by atoms with E-state index in [1.54, 1.807) is 6.07 Å². The smallest absolute Gasteiger partial charge is 0.255 e. The van der Waals surface area contributed by atoms with Crippen LogP contribution in [0.1, 0.15) is 12.8 Å². The Balaban J connectivity index is 1.45. The summed E-state index contributed by atoms with van der Waals surface area (Å²) >= 11 is 6.38. The van der Waals surface area contributed by atoms with Crippen LogP contribution in [0.3, 0.4) is 0 Å². The second-order valence-electron chi connectivity index (χ2n) is 7.45. The van der Waals surface area contributed by atoms with Gasteiger partial charge < -0.3 is 25.4 Å². The Kier molecular flexibility index (Phi) is 7.11. The van der Waals surface area contributed by atoms with Gasteiger partial charge in [0.05, 0.1) is 17.3 Å². The highest BCUT2D eigenvalue weighted by atomic mass is 35.5. The van der Waals surface area contributed by atoms with Gasteiger partial charge in [-0.3, -0.25) is 4.79 Å². The van der Waals surface area contributed by atoms with Crippen LogP contribution < -0.4 is 16.0 Å². The molecule has 160 valence electrons. The zero-order valence-electron chi connectivity index (χ0n) is 16.7. The number of rotatable bonds is 6. The SMILES string of the molecule is O=C(Nc1cc(-c2cccc(NCC3CCOCC3)n2)c(Cl)cn1)[C@H]1CNCCO1. The van der Waals surface area contributed by atoms with Gasteiger partial charge in [-0.15, -0.1) is 0 Å². The lowest BCUT2D eigenvalue weighted by atomic mass is 10.0. The average Bonchev–Trinajstić information content (AvgIpc) is 2.80. The van der Waals surface area contributed by atoms with E-state index in [0.717, 1.165) is 45.0 Å². The Bertz CT molecular complexity index is 869. The van der Waals surface area contributed by atoms with Crippen molar-refractivity contribution in [3.05, 3.63) is 35.5 Å². The minimum Gasteiger partial charge on any atom is -0.381 e. The second kappa shape index (κ2) is 10.2. The number of ether oxygens (including phenoxy) is 2. The minimum absolute atomic E-state index is 0.234. The monoisotopic (exact) mass is 431 g/mol. The number of carbonyl (C=O) groups is 1. The third-order valence-electron chi connectivity index (χ3n) is 5.26. The Hall–Kier alpha value is -2.26. The van der Waals surface area contributed by atoms with E-state index in [4.69, 9.17) is 26.1 Å². The van der Waals surface area contributed by atoms with Gasteiger partial charge in [-0.2, -0.15) is 0 Å². The minimum atomic E-state index is -0.532. The van der Waals surface area contributed by atoms with Crippen molar-refractivity contribution in [1.29, 1.82) is 0 Å². The molecule has 2 aromatic rings. The molecule has 0 unspecified atom stereocenters. The molecule has 3 N–H and O–H groups in total. The number of halogens is 1. The molecular weight excluding hydrogens is 406 g/mol. The van der Waals surface area contributed by atoms with Gasteiger partial charge in [0.15, 0.2) is 0 Å². The maximum absolute atomic E-state index is 12.4. The van der Waals surface area contributed by atoms with Crippen molar-refractivity contribution in [2.45, 2.75) is 18.9 Å². The van der Waals surface area contributed by atoms with Crippen LogP contribution in [0.15, 0.2) is 30.5 Å². The summed E-state index contributed by atoms with van der Waals surface area (Å²) in [5.74, 6) is 1.56. The summed E-state index contributed by atoms with van der Waals surface area (Å²) in [7, 11) is 0. The summed E-state index contributed by atoms with van der Waals surface area (Å²) in [6.07, 6.45) is 3.12. The summed E-state index contributed by atoms with van der Waals surface area (Å²) in [6, 6.07) is 7.50. The van der Waals surface area contributed by atoms with Crippen LogP contribution in [0.5, 0.6) is 0 Å². The summed E-state index contributed by atoms with van der Waals surface area (Å²) in [5, 5.41) is 9.83. The number of nitrogens with zero attached hydrogens (tertiary/aromatic N) is 2. The molecule has 0 saturated carbocycles. The van der Waals surface area contributed by atoms with E-state index >= 15 is 0 Å². The normalized spacial score (nSPS) is 20.0. The van der Waals surface area contributed by atoms with Gasteiger partial charge >= 0.3 is 0 Å². The molecule has 0 aromatic carbocycles. The van der Waals surface area contributed by atoms with Crippen molar-refractivity contribution in [2.24, 2.45) is 5.92 Å². The summed E-state index contributed by atoms with van der Waals surface area (Å²) < 4.78 is 10.9. The molecule has 1 atom stereocenters. The molecule has 1 amide bonds. The van der Waals surface area contributed by atoms with Crippen molar-refractivity contribution >= 4 is 29.1 Å². The molecule has 2 fully saturated rings. The van der Waals surface area contributed by atoms with E-state index in [-0.39, 0.29) is 5.91 Å². The first-order chi connectivity index (χ1) is 14.7. The summed E-state index contributed by atoms with van der Waals surface area (Å²) in [5.41, 5.74) is 1.42. The highest BCUT2D eigenvalue weighted by Gasteiger charge is 2.22. The molecule has 4 rings (SSSR count). The van der Waals surface area contributed by atoms with Crippen molar-refractivity contribution in [1.82, 2.24) is 15.3 Å². The number of anilines is 2. The van der Waals surface area contributed by atoms with Crippen LogP contribution in [0.4, 0.5) is 11.6 Å².